The first-order chi connectivity index (χ1) is 13.7. The predicted octanol–water partition coefficient (Wildman–Crippen LogP) is 2.79. The molecule has 2 aromatic rings. The summed E-state index contributed by atoms with van der Waals surface area (Å²) in [5, 5.41) is 10.8. The Balaban J connectivity index is 1.23. The summed E-state index contributed by atoms with van der Waals surface area (Å²) >= 11 is 1.31. The molecule has 3 amide bonds. The maximum absolute atomic E-state index is 12.2. The van der Waals surface area contributed by atoms with Gasteiger partial charge in [0.1, 0.15) is 0 Å². The molecule has 0 bridgehead atoms. The molecule has 1 aliphatic heterocycles. The number of hydrogen-bond donors (Lipinski definition) is 3. The van der Waals surface area contributed by atoms with Gasteiger partial charge in [-0.05, 0) is 30.5 Å². The number of carbonyl (C=O) groups excluding carboxylic acids is 2. The first-order valence-corrected chi connectivity index (χ1v) is 10.2. The summed E-state index contributed by atoms with van der Waals surface area (Å²) in [5.74, 6) is 1.28. The Bertz CT molecular complexity index is 863. The SMILES string of the molecule is O=C(Cc1csc(NC(=O)NC2CCCC2)n1)NCc1ccc2c(c1)OCO2. The average Bonchev–Trinajstić information content (AvgIpc) is 3.42. The highest BCUT2D eigenvalue weighted by Crippen LogP contribution is 2.32. The van der Waals surface area contributed by atoms with Crippen LogP contribution in [-0.2, 0) is 17.8 Å². The molecule has 0 saturated heterocycles. The number of thiazole rings is 1. The van der Waals surface area contributed by atoms with E-state index in [0.717, 1.165) is 37.0 Å². The Morgan fingerprint density at radius 2 is 2.00 bits per heavy atom. The molecule has 0 radical (unpaired) electrons. The Morgan fingerprint density at radius 1 is 1.18 bits per heavy atom. The van der Waals surface area contributed by atoms with Crippen molar-refractivity contribution >= 4 is 28.4 Å². The van der Waals surface area contributed by atoms with Crippen LogP contribution in [0.25, 0.3) is 0 Å². The van der Waals surface area contributed by atoms with E-state index in [1.807, 2.05) is 18.2 Å². The minimum atomic E-state index is -0.236. The Hall–Kier alpha value is -2.81. The molecule has 0 spiro atoms. The van der Waals surface area contributed by atoms with Crippen LogP contribution in [-0.4, -0.2) is 29.8 Å². The van der Waals surface area contributed by atoms with Crippen molar-refractivity contribution in [2.45, 2.75) is 44.7 Å². The fourth-order valence-corrected chi connectivity index (χ4v) is 4.02. The number of nitrogens with zero attached hydrogens (tertiary/aromatic N) is 1. The topological polar surface area (TPSA) is 102 Å². The van der Waals surface area contributed by atoms with Crippen LogP contribution in [0.1, 0.15) is 36.9 Å². The van der Waals surface area contributed by atoms with Gasteiger partial charge in [0.05, 0.1) is 12.1 Å². The van der Waals surface area contributed by atoms with Crippen molar-refractivity contribution < 1.29 is 19.1 Å². The van der Waals surface area contributed by atoms with Crippen LogP contribution in [0.15, 0.2) is 23.6 Å². The second-order valence-electron chi connectivity index (χ2n) is 6.86. The largest absolute Gasteiger partial charge is 0.454 e. The highest BCUT2D eigenvalue weighted by molar-refractivity contribution is 7.13. The van der Waals surface area contributed by atoms with Crippen molar-refractivity contribution in [3.63, 3.8) is 0 Å². The lowest BCUT2D eigenvalue weighted by Gasteiger charge is -2.11. The summed E-state index contributed by atoms with van der Waals surface area (Å²) < 4.78 is 10.6. The van der Waals surface area contributed by atoms with Crippen molar-refractivity contribution in [2.75, 3.05) is 12.1 Å². The molecule has 0 unspecified atom stereocenters. The van der Waals surface area contributed by atoms with Gasteiger partial charge in [-0.15, -0.1) is 11.3 Å². The molecule has 1 fully saturated rings. The number of anilines is 1. The summed E-state index contributed by atoms with van der Waals surface area (Å²) in [6.45, 7) is 0.624. The van der Waals surface area contributed by atoms with Crippen LogP contribution in [0, 0.1) is 0 Å². The number of rotatable bonds is 6. The van der Waals surface area contributed by atoms with Gasteiger partial charge >= 0.3 is 6.03 Å². The maximum Gasteiger partial charge on any atom is 0.321 e. The lowest BCUT2D eigenvalue weighted by Crippen LogP contribution is -2.36. The summed E-state index contributed by atoms with van der Waals surface area (Å²) in [7, 11) is 0. The molecular formula is C19H22N4O4S. The number of fused-ring (bicyclic) bond motifs is 1. The van der Waals surface area contributed by atoms with E-state index in [-0.39, 0.29) is 31.2 Å². The third-order valence-corrected chi connectivity index (χ3v) is 5.54. The number of aromatic nitrogens is 1. The molecular weight excluding hydrogens is 380 g/mol. The van der Waals surface area contributed by atoms with Crippen LogP contribution in [0.2, 0.25) is 0 Å². The highest BCUT2D eigenvalue weighted by Gasteiger charge is 2.18. The third kappa shape index (κ3) is 4.72. The number of urea groups is 1. The molecule has 2 aliphatic rings. The van der Waals surface area contributed by atoms with E-state index in [1.54, 1.807) is 5.38 Å². The fraction of sp³-hybridized carbons (Fsp3) is 0.421. The Morgan fingerprint density at radius 3 is 2.86 bits per heavy atom. The van der Waals surface area contributed by atoms with E-state index >= 15 is 0 Å². The zero-order chi connectivity index (χ0) is 19.3. The van der Waals surface area contributed by atoms with Crippen LogP contribution in [0.4, 0.5) is 9.93 Å². The fourth-order valence-electron chi connectivity index (χ4n) is 3.31. The molecule has 0 atom stereocenters. The van der Waals surface area contributed by atoms with Crippen LogP contribution < -0.4 is 25.4 Å². The van der Waals surface area contributed by atoms with Crippen molar-refractivity contribution in [1.82, 2.24) is 15.6 Å². The van der Waals surface area contributed by atoms with E-state index in [4.69, 9.17) is 9.47 Å². The normalized spacial score (nSPS) is 15.4. The third-order valence-electron chi connectivity index (χ3n) is 4.73. The van der Waals surface area contributed by atoms with Crippen molar-refractivity contribution in [1.29, 1.82) is 0 Å². The summed E-state index contributed by atoms with van der Waals surface area (Å²) in [5.41, 5.74) is 1.56. The van der Waals surface area contributed by atoms with Crippen molar-refractivity contribution in [3.8, 4) is 11.5 Å². The summed E-state index contributed by atoms with van der Waals surface area (Å²) in [6, 6.07) is 5.60. The molecule has 4 rings (SSSR count). The van der Waals surface area contributed by atoms with E-state index in [9.17, 15) is 9.59 Å². The van der Waals surface area contributed by atoms with Gasteiger partial charge in [0.25, 0.3) is 0 Å². The van der Waals surface area contributed by atoms with Crippen molar-refractivity contribution in [3.05, 3.63) is 34.8 Å². The van der Waals surface area contributed by atoms with E-state index < -0.39 is 0 Å². The van der Waals surface area contributed by atoms with Crippen molar-refractivity contribution in [2.24, 2.45) is 0 Å². The van der Waals surface area contributed by atoms with Crippen LogP contribution >= 0.6 is 11.3 Å². The molecule has 1 aliphatic carbocycles. The molecule has 9 heteroatoms. The van der Waals surface area contributed by atoms with E-state index in [1.165, 1.54) is 11.3 Å². The van der Waals surface area contributed by atoms with Gasteiger partial charge in [-0.2, -0.15) is 0 Å². The molecule has 148 valence electrons. The molecule has 28 heavy (non-hydrogen) atoms. The number of carbonyl (C=O) groups is 2. The van der Waals surface area contributed by atoms with E-state index in [2.05, 4.69) is 20.9 Å². The van der Waals surface area contributed by atoms with Gasteiger partial charge in [0.15, 0.2) is 16.6 Å². The second-order valence-corrected chi connectivity index (χ2v) is 7.72. The summed E-state index contributed by atoms with van der Waals surface area (Å²) in [4.78, 5) is 28.5. The number of benzene rings is 1. The number of nitrogens with one attached hydrogen (secondary N) is 3. The van der Waals surface area contributed by atoms with Crippen LogP contribution in [0.5, 0.6) is 11.5 Å². The monoisotopic (exact) mass is 402 g/mol. The smallest absolute Gasteiger partial charge is 0.321 e. The van der Waals surface area contributed by atoms with Crippen LogP contribution in [0.3, 0.4) is 0 Å². The standard InChI is InChI=1S/C19H22N4O4S/c24-17(20-9-12-5-6-15-16(7-12)27-11-26-15)8-14-10-28-19(22-14)23-18(25)21-13-3-1-2-4-13/h5-7,10,13H,1-4,8-9,11H2,(H,20,24)(H2,21,22,23,25). The number of ether oxygens (including phenoxy) is 2. The zero-order valence-corrected chi connectivity index (χ0v) is 16.1. The lowest BCUT2D eigenvalue weighted by atomic mass is 10.2. The van der Waals surface area contributed by atoms with Gasteiger partial charge in [-0.1, -0.05) is 18.9 Å². The number of hydrogen-bond acceptors (Lipinski definition) is 6. The van der Waals surface area contributed by atoms with Gasteiger partial charge < -0.3 is 20.1 Å². The van der Waals surface area contributed by atoms with Gasteiger partial charge in [0, 0.05) is 18.0 Å². The molecule has 2 heterocycles. The Kier molecular flexibility index (Phi) is 5.61. The molecule has 1 aromatic carbocycles. The average molecular weight is 402 g/mol. The van der Waals surface area contributed by atoms with Gasteiger partial charge in [0.2, 0.25) is 12.7 Å². The molecule has 8 nitrogen and oxygen atoms in total. The number of amides is 3. The quantitative estimate of drug-likeness (QED) is 0.690. The zero-order valence-electron chi connectivity index (χ0n) is 15.3. The molecule has 1 saturated carbocycles. The second kappa shape index (κ2) is 8.47. The van der Waals surface area contributed by atoms with E-state index in [0.29, 0.717) is 23.1 Å². The van der Waals surface area contributed by atoms with Gasteiger partial charge in [-0.3, -0.25) is 10.1 Å². The maximum atomic E-state index is 12.2. The highest BCUT2D eigenvalue weighted by atomic mass is 32.1. The predicted molar refractivity (Wildman–Crippen MR) is 105 cm³/mol. The lowest BCUT2D eigenvalue weighted by molar-refractivity contribution is -0.120. The first kappa shape index (κ1) is 18.5. The minimum absolute atomic E-state index is 0.134. The molecule has 1 aromatic heterocycles. The van der Waals surface area contributed by atoms with Gasteiger partial charge in [-0.25, -0.2) is 9.78 Å². The minimum Gasteiger partial charge on any atom is -0.454 e. The molecule has 3 N–H and O–H groups in total. The first-order valence-electron chi connectivity index (χ1n) is 9.33. The summed E-state index contributed by atoms with van der Waals surface area (Å²) in [6.07, 6.45) is 4.54. The Labute approximate surface area is 166 Å².